The predicted octanol–water partition coefficient (Wildman–Crippen LogP) is 4.42. The molecule has 0 radical (unpaired) electrons. The molecule has 2 aromatic carbocycles. The maximum absolute atomic E-state index is 12.8. The number of fused-ring (bicyclic) bond motifs is 1. The molecule has 0 atom stereocenters. The minimum Gasteiger partial charge on any atom is -0.355 e. The molecule has 0 aliphatic carbocycles. The van der Waals surface area contributed by atoms with Crippen molar-refractivity contribution in [3.63, 3.8) is 0 Å². The van der Waals surface area contributed by atoms with Crippen LogP contribution in [0.5, 0.6) is 0 Å². The zero-order valence-electron chi connectivity index (χ0n) is 17.4. The van der Waals surface area contributed by atoms with E-state index in [1.54, 1.807) is 7.05 Å². The molecule has 0 saturated heterocycles. The van der Waals surface area contributed by atoms with Crippen molar-refractivity contribution in [1.82, 2.24) is 14.9 Å². The summed E-state index contributed by atoms with van der Waals surface area (Å²) in [5.41, 5.74) is 4.97. The van der Waals surface area contributed by atoms with E-state index in [9.17, 15) is 9.59 Å². The maximum Gasteiger partial charge on any atom is 0.271 e. The largest absolute Gasteiger partial charge is 0.355 e. The highest BCUT2D eigenvalue weighted by molar-refractivity contribution is 7.99. The fourth-order valence-corrected chi connectivity index (χ4v) is 5.05. The molecule has 7 heteroatoms. The van der Waals surface area contributed by atoms with Crippen molar-refractivity contribution < 1.29 is 4.79 Å². The van der Waals surface area contributed by atoms with E-state index in [-0.39, 0.29) is 17.2 Å². The topological polar surface area (TPSA) is 64.0 Å². The summed E-state index contributed by atoms with van der Waals surface area (Å²) in [7, 11) is 1.70. The highest BCUT2D eigenvalue weighted by Gasteiger charge is 2.16. The molecule has 0 aliphatic heterocycles. The van der Waals surface area contributed by atoms with Crippen molar-refractivity contribution in [2.24, 2.45) is 7.05 Å². The average Bonchev–Trinajstić information content (AvgIpc) is 3.20. The van der Waals surface area contributed by atoms with Crippen LogP contribution >= 0.6 is 23.1 Å². The van der Waals surface area contributed by atoms with E-state index < -0.39 is 0 Å². The van der Waals surface area contributed by atoms with Gasteiger partial charge in [-0.15, -0.1) is 11.3 Å². The number of rotatable bonds is 7. The van der Waals surface area contributed by atoms with E-state index in [4.69, 9.17) is 4.98 Å². The summed E-state index contributed by atoms with van der Waals surface area (Å²) in [6.45, 7) is 2.63. The fraction of sp³-hybridized carbons (Fsp3) is 0.208. The van der Waals surface area contributed by atoms with Gasteiger partial charge in [0.25, 0.3) is 5.56 Å². The normalized spacial score (nSPS) is 11.0. The molecule has 0 spiro atoms. The molecule has 31 heavy (non-hydrogen) atoms. The second kappa shape index (κ2) is 9.49. The molecule has 0 fully saturated rings. The van der Waals surface area contributed by atoms with Crippen LogP contribution in [0, 0.1) is 6.92 Å². The number of nitrogens with one attached hydrogen (secondary N) is 1. The van der Waals surface area contributed by atoms with Gasteiger partial charge in [0, 0.05) is 24.5 Å². The number of aryl methyl sites for hydroxylation is 1. The van der Waals surface area contributed by atoms with Crippen LogP contribution in [-0.2, 0) is 18.3 Å². The lowest BCUT2D eigenvalue weighted by Crippen LogP contribution is -2.28. The van der Waals surface area contributed by atoms with Gasteiger partial charge in [-0.3, -0.25) is 14.2 Å². The van der Waals surface area contributed by atoms with Gasteiger partial charge < -0.3 is 5.32 Å². The van der Waals surface area contributed by atoms with Crippen LogP contribution in [0.4, 0.5) is 0 Å². The number of amides is 1. The predicted molar refractivity (Wildman–Crippen MR) is 129 cm³/mol. The third-order valence-corrected chi connectivity index (χ3v) is 7.02. The molecule has 1 amide bonds. The quantitative estimate of drug-likeness (QED) is 0.335. The Bertz CT molecular complexity index is 1260. The molecule has 0 saturated carbocycles. The van der Waals surface area contributed by atoms with Crippen LogP contribution in [-0.4, -0.2) is 27.8 Å². The van der Waals surface area contributed by atoms with Gasteiger partial charge in [0.2, 0.25) is 5.91 Å². The molecule has 158 valence electrons. The van der Waals surface area contributed by atoms with Crippen LogP contribution in [0.3, 0.4) is 0 Å². The molecular formula is C24H23N3O2S2. The van der Waals surface area contributed by atoms with Gasteiger partial charge in [0.1, 0.15) is 4.70 Å². The Labute approximate surface area is 189 Å². The Kier molecular flexibility index (Phi) is 6.53. The second-order valence-electron chi connectivity index (χ2n) is 7.33. The summed E-state index contributed by atoms with van der Waals surface area (Å²) in [5, 5.41) is 5.46. The molecule has 0 bridgehead atoms. The zero-order valence-corrected chi connectivity index (χ0v) is 19.1. The average molecular weight is 450 g/mol. The van der Waals surface area contributed by atoms with Gasteiger partial charge in [0.15, 0.2) is 5.16 Å². The van der Waals surface area contributed by atoms with Gasteiger partial charge in [-0.05, 0) is 24.5 Å². The van der Waals surface area contributed by atoms with Crippen molar-refractivity contribution in [3.05, 3.63) is 81.5 Å². The summed E-state index contributed by atoms with van der Waals surface area (Å²) >= 11 is 2.70. The minimum atomic E-state index is -0.0830. The SMILES string of the molecule is Cc1ccc(-c2csc3c(=O)n(C)c(SCC(=O)NCCc4ccccc4)nc23)cc1. The number of benzene rings is 2. The van der Waals surface area contributed by atoms with Gasteiger partial charge >= 0.3 is 0 Å². The number of carbonyl (C=O) groups excluding carboxylic acids is 1. The smallest absolute Gasteiger partial charge is 0.271 e. The maximum atomic E-state index is 12.8. The van der Waals surface area contributed by atoms with Crippen molar-refractivity contribution in [2.75, 3.05) is 12.3 Å². The number of aromatic nitrogens is 2. The second-order valence-corrected chi connectivity index (χ2v) is 9.15. The van der Waals surface area contributed by atoms with Crippen LogP contribution < -0.4 is 10.9 Å². The number of nitrogens with zero attached hydrogens (tertiary/aromatic N) is 2. The highest BCUT2D eigenvalue weighted by Crippen LogP contribution is 2.32. The van der Waals surface area contributed by atoms with E-state index in [2.05, 4.69) is 17.4 Å². The monoisotopic (exact) mass is 449 g/mol. The van der Waals surface area contributed by atoms with Crippen LogP contribution in [0.25, 0.3) is 21.3 Å². The van der Waals surface area contributed by atoms with E-state index in [0.717, 1.165) is 17.5 Å². The van der Waals surface area contributed by atoms with Gasteiger partial charge in [-0.25, -0.2) is 4.98 Å². The first-order valence-corrected chi connectivity index (χ1v) is 11.9. The lowest BCUT2D eigenvalue weighted by atomic mass is 10.1. The minimum absolute atomic E-state index is 0.0700. The highest BCUT2D eigenvalue weighted by atomic mass is 32.2. The summed E-state index contributed by atoms with van der Waals surface area (Å²) in [4.78, 5) is 29.9. The Morgan fingerprint density at radius 3 is 2.61 bits per heavy atom. The molecule has 1 N–H and O–H groups in total. The molecule has 2 heterocycles. The molecule has 0 unspecified atom stereocenters. The van der Waals surface area contributed by atoms with Crippen molar-refractivity contribution in [2.45, 2.75) is 18.5 Å². The van der Waals surface area contributed by atoms with E-state index in [0.29, 0.717) is 21.9 Å². The van der Waals surface area contributed by atoms with Crippen molar-refractivity contribution in [3.8, 4) is 11.1 Å². The van der Waals surface area contributed by atoms with Crippen LogP contribution in [0.1, 0.15) is 11.1 Å². The fourth-order valence-electron chi connectivity index (χ4n) is 3.26. The molecule has 4 rings (SSSR count). The number of thioether (sulfide) groups is 1. The number of thiophene rings is 1. The molecule has 2 aromatic heterocycles. The van der Waals surface area contributed by atoms with Crippen LogP contribution in [0.2, 0.25) is 0 Å². The summed E-state index contributed by atoms with van der Waals surface area (Å²) in [6.07, 6.45) is 0.786. The Balaban J connectivity index is 1.47. The van der Waals surface area contributed by atoms with Gasteiger partial charge in [-0.1, -0.05) is 71.9 Å². The van der Waals surface area contributed by atoms with Crippen molar-refractivity contribution >= 4 is 39.2 Å². The van der Waals surface area contributed by atoms with E-state index in [1.165, 1.54) is 38.8 Å². The first kappa shape index (κ1) is 21.3. The summed E-state index contributed by atoms with van der Waals surface area (Å²) < 4.78 is 2.16. The first-order valence-electron chi connectivity index (χ1n) is 10.0. The van der Waals surface area contributed by atoms with Crippen molar-refractivity contribution in [1.29, 1.82) is 0 Å². The third kappa shape index (κ3) is 4.89. The lowest BCUT2D eigenvalue weighted by molar-refractivity contribution is -0.118. The van der Waals surface area contributed by atoms with E-state index >= 15 is 0 Å². The van der Waals surface area contributed by atoms with Crippen LogP contribution in [0.15, 0.2) is 69.9 Å². The number of hydrogen-bond donors (Lipinski definition) is 1. The Hall–Kier alpha value is -2.90. The van der Waals surface area contributed by atoms with Gasteiger partial charge in [-0.2, -0.15) is 0 Å². The summed E-state index contributed by atoms with van der Waals surface area (Å²) in [6, 6.07) is 18.2. The standard InChI is InChI=1S/C24H23N3O2S2/c1-16-8-10-18(11-9-16)19-14-30-22-21(19)26-24(27(2)23(22)29)31-15-20(28)25-13-12-17-6-4-3-5-7-17/h3-11,14H,12-13,15H2,1-2H3,(H,25,28). The lowest BCUT2D eigenvalue weighted by Gasteiger charge is -2.09. The third-order valence-electron chi connectivity index (χ3n) is 5.03. The molecular weight excluding hydrogens is 426 g/mol. The Morgan fingerprint density at radius 2 is 1.87 bits per heavy atom. The van der Waals surface area contributed by atoms with Gasteiger partial charge in [0.05, 0.1) is 11.3 Å². The van der Waals surface area contributed by atoms with E-state index in [1.807, 2.05) is 54.8 Å². The summed E-state index contributed by atoms with van der Waals surface area (Å²) in [5.74, 6) is 0.143. The zero-order chi connectivity index (χ0) is 21.8. The first-order chi connectivity index (χ1) is 15.0. The number of carbonyl (C=O) groups is 1. The molecule has 5 nitrogen and oxygen atoms in total. The number of hydrogen-bond acceptors (Lipinski definition) is 5. The molecule has 0 aliphatic rings. The molecule has 4 aromatic rings. The Morgan fingerprint density at radius 1 is 1.13 bits per heavy atom.